The van der Waals surface area contributed by atoms with Crippen molar-refractivity contribution in [3.8, 4) is 0 Å². The first-order chi connectivity index (χ1) is 9.58. The van der Waals surface area contributed by atoms with Gasteiger partial charge in [0, 0.05) is 29.8 Å². The van der Waals surface area contributed by atoms with E-state index in [1.165, 1.54) is 6.42 Å². The number of aromatic nitrogens is 1. The molecule has 1 aliphatic heterocycles. The Morgan fingerprint density at radius 2 is 2.00 bits per heavy atom. The predicted molar refractivity (Wildman–Crippen MR) is 86.9 cm³/mol. The van der Waals surface area contributed by atoms with E-state index in [9.17, 15) is 4.79 Å². The number of carbonyl (C=O) groups is 1. The van der Waals surface area contributed by atoms with E-state index < -0.39 is 0 Å². The lowest BCUT2D eigenvalue weighted by atomic mass is 9.84. The summed E-state index contributed by atoms with van der Waals surface area (Å²) in [6.07, 6.45) is 2.23. The summed E-state index contributed by atoms with van der Waals surface area (Å²) in [6.45, 7) is 12.3. The van der Waals surface area contributed by atoms with Gasteiger partial charge in [0.2, 0.25) is 0 Å². The maximum Gasteiger partial charge on any atom is 0.254 e. The monoisotopic (exact) mass is 308 g/mol. The Kier molecular flexibility index (Phi) is 4.34. The summed E-state index contributed by atoms with van der Waals surface area (Å²) >= 11 is 6.11. The number of likely N-dealkylation sites (tertiary alicyclic amines) is 1. The molecule has 1 fully saturated rings. The number of halogens is 1. The first-order valence-electron chi connectivity index (χ1n) is 7.56. The molecule has 0 unspecified atom stereocenters. The zero-order valence-electron chi connectivity index (χ0n) is 13.7. The van der Waals surface area contributed by atoms with Crippen LogP contribution < -0.4 is 0 Å². The number of pyridine rings is 1. The number of nitrogens with zero attached hydrogens (tertiary/aromatic N) is 2. The molecular weight excluding hydrogens is 284 g/mol. The number of hydrogen-bond donors (Lipinski definition) is 0. The quantitative estimate of drug-likeness (QED) is 0.725. The van der Waals surface area contributed by atoms with Crippen LogP contribution in [0.15, 0.2) is 12.1 Å². The van der Waals surface area contributed by atoms with Crippen molar-refractivity contribution in [1.82, 2.24) is 9.88 Å². The highest BCUT2D eigenvalue weighted by atomic mass is 35.5. The molecule has 0 N–H and O–H groups in total. The van der Waals surface area contributed by atoms with Crippen LogP contribution in [0.5, 0.6) is 0 Å². The van der Waals surface area contributed by atoms with Crippen molar-refractivity contribution in [1.29, 1.82) is 0 Å². The summed E-state index contributed by atoms with van der Waals surface area (Å²) in [5.74, 6) is 0.0672. The van der Waals surface area contributed by atoms with E-state index in [0.717, 1.165) is 25.2 Å². The lowest BCUT2D eigenvalue weighted by molar-refractivity contribution is 0.0583. The van der Waals surface area contributed by atoms with E-state index >= 15 is 0 Å². The van der Waals surface area contributed by atoms with Crippen molar-refractivity contribution in [2.75, 3.05) is 13.1 Å². The van der Waals surface area contributed by atoms with Gasteiger partial charge < -0.3 is 4.90 Å². The summed E-state index contributed by atoms with van der Waals surface area (Å²) in [4.78, 5) is 19.1. The van der Waals surface area contributed by atoms with Gasteiger partial charge in [-0.3, -0.25) is 4.79 Å². The third-order valence-corrected chi connectivity index (χ3v) is 4.19. The van der Waals surface area contributed by atoms with Gasteiger partial charge in [-0.2, -0.15) is 0 Å². The molecule has 1 aliphatic rings. The summed E-state index contributed by atoms with van der Waals surface area (Å²) < 4.78 is 0. The minimum Gasteiger partial charge on any atom is -0.338 e. The summed E-state index contributed by atoms with van der Waals surface area (Å²) in [5.41, 5.74) is 1.57. The maximum atomic E-state index is 12.8. The van der Waals surface area contributed by atoms with Crippen LogP contribution in [0.2, 0.25) is 5.15 Å². The Labute approximate surface area is 132 Å². The van der Waals surface area contributed by atoms with Crippen LogP contribution in [-0.2, 0) is 5.41 Å². The van der Waals surface area contributed by atoms with E-state index in [2.05, 4.69) is 39.6 Å². The Hall–Kier alpha value is -1.09. The van der Waals surface area contributed by atoms with E-state index in [4.69, 9.17) is 11.6 Å². The highest BCUT2D eigenvalue weighted by Gasteiger charge is 2.30. The molecule has 0 atom stereocenters. The van der Waals surface area contributed by atoms with Crippen LogP contribution >= 0.6 is 11.6 Å². The van der Waals surface area contributed by atoms with Gasteiger partial charge in [0.1, 0.15) is 5.15 Å². The van der Waals surface area contributed by atoms with Crippen LogP contribution in [-0.4, -0.2) is 28.9 Å². The summed E-state index contributed by atoms with van der Waals surface area (Å²) in [5, 5.41) is 0.391. The third kappa shape index (κ3) is 3.97. The first-order valence-corrected chi connectivity index (χ1v) is 7.94. The molecule has 1 aromatic rings. The van der Waals surface area contributed by atoms with Gasteiger partial charge in [-0.25, -0.2) is 4.98 Å². The van der Waals surface area contributed by atoms with Crippen LogP contribution in [0.3, 0.4) is 0 Å². The minimum absolute atomic E-state index is 0.0672. The van der Waals surface area contributed by atoms with Crippen molar-refractivity contribution in [3.63, 3.8) is 0 Å². The van der Waals surface area contributed by atoms with Gasteiger partial charge in [-0.15, -0.1) is 0 Å². The molecule has 1 amide bonds. The molecule has 1 aromatic heterocycles. The van der Waals surface area contributed by atoms with Crippen molar-refractivity contribution >= 4 is 17.5 Å². The molecule has 116 valence electrons. The highest BCUT2D eigenvalue weighted by Crippen LogP contribution is 2.30. The molecule has 1 saturated heterocycles. The van der Waals surface area contributed by atoms with E-state index in [0.29, 0.717) is 10.7 Å². The lowest BCUT2D eigenvalue weighted by Crippen LogP contribution is -2.43. The topological polar surface area (TPSA) is 33.2 Å². The second-order valence-electron chi connectivity index (χ2n) is 7.81. The van der Waals surface area contributed by atoms with E-state index in [-0.39, 0.29) is 16.7 Å². The molecular formula is C17H25ClN2O. The second-order valence-corrected chi connectivity index (χ2v) is 8.20. The largest absolute Gasteiger partial charge is 0.338 e. The number of hydrogen-bond acceptors (Lipinski definition) is 2. The summed E-state index contributed by atoms with van der Waals surface area (Å²) in [7, 11) is 0. The summed E-state index contributed by atoms with van der Waals surface area (Å²) in [6, 6.07) is 3.57. The van der Waals surface area contributed by atoms with Gasteiger partial charge >= 0.3 is 0 Å². The zero-order chi connectivity index (χ0) is 15.8. The van der Waals surface area contributed by atoms with Crippen molar-refractivity contribution in [3.05, 3.63) is 28.5 Å². The van der Waals surface area contributed by atoms with Crippen molar-refractivity contribution in [2.45, 2.75) is 52.9 Å². The van der Waals surface area contributed by atoms with Crippen LogP contribution in [0.25, 0.3) is 0 Å². The predicted octanol–water partition coefficient (Wildman–Crippen LogP) is 4.29. The molecule has 0 radical (unpaired) electrons. The van der Waals surface area contributed by atoms with Crippen LogP contribution in [0.4, 0.5) is 0 Å². The Bertz CT molecular complexity index is 546. The zero-order valence-corrected chi connectivity index (χ0v) is 14.4. The number of piperidine rings is 1. The number of carbonyl (C=O) groups excluding carboxylic acids is 1. The molecule has 2 heterocycles. The van der Waals surface area contributed by atoms with E-state index in [1.54, 1.807) is 6.07 Å². The first kappa shape index (κ1) is 16.3. The molecule has 3 nitrogen and oxygen atoms in total. The Morgan fingerprint density at radius 3 is 2.57 bits per heavy atom. The molecule has 0 aliphatic carbocycles. The standard InChI is InChI=1S/C17H25ClN2O/c1-16(2,3)13-9-12(10-14(18)19-13)15(21)20-8-6-7-17(4,5)11-20/h9-10H,6-8,11H2,1-5H3. The fraction of sp³-hybridized carbons (Fsp3) is 0.647. The minimum atomic E-state index is -0.124. The fourth-order valence-corrected chi connectivity index (χ4v) is 2.99. The Balaban J connectivity index is 2.29. The highest BCUT2D eigenvalue weighted by molar-refractivity contribution is 6.29. The van der Waals surface area contributed by atoms with E-state index in [1.807, 2.05) is 11.0 Å². The normalized spacial score (nSPS) is 18.7. The maximum absolute atomic E-state index is 12.8. The van der Waals surface area contributed by atoms with Gasteiger partial charge in [0.15, 0.2) is 0 Å². The van der Waals surface area contributed by atoms with Crippen molar-refractivity contribution in [2.24, 2.45) is 5.41 Å². The Morgan fingerprint density at radius 1 is 1.33 bits per heavy atom. The fourth-order valence-electron chi connectivity index (χ4n) is 2.78. The van der Waals surface area contributed by atoms with Crippen molar-refractivity contribution < 1.29 is 4.79 Å². The number of amides is 1. The number of rotatable bonds is 1. The molecule has 21 heavy (non-hydrogen) atoms. The van der Waals surface area contributed by atoms with Gasteiger partial charge in [-0.1, -0.05) is 46.2 Å². The second kappa shape index (κ2) is 5.60. The third-order valence-electron chi connectivity index (χ3n) is 4.00. The molecule has 0 aromatic carbocycles. The van der Waals surface area contributed by atoms with Crippen LogP contribution in [0.1, 0.15) is 63.5 Å². The van der Waals surface area contributed by atoms with Gasteiger partial charge in [-0.05, 0) is 30.4 Å². The average molecular weight is 309 g/mol. The smallest absolute Gasteiger partial charge is 0.254 e. The lowest BCUT2D eigenvalue weighted by Gasteiger charge is -2.38. The molecule has 2 rings (SSSR count). The van der Waals surface area contributed by atoms with Gasteiger partial charge in [0.25, 0.3) is 5.91 Å². The molecule has 4 heteroatoms. The molecule has 0 spiro atoms. The van der Waals surface area contributed by atoms with Gasteiger partial charge in [0.05, 0.1) is 0 Å². The average Bonchev–Trinajstić information content (AvgIpc) is 2.35. The molecule has 0 saturated carbocycles. The SMILES string of the molecule is CC1(C)CCCN(C(=O)c2cc(Cl)nc(C(C)(C)C)c2)C1. The van der Waals surface area contributed by atoms with Crippen LogP contribution in [0, 0.1) is 5.41 Å². The molecule has 0 bridgehead atoms.